The first-order valence-electron chi connectivity index (χ1n) is 10.2. The summed E-state index contributed by atoms with van der Waals surface area (Å²) in [5, 5.41) is 7.12. The summed E-state index contributed by atoms with van der Waals surface area (Å²) >= 11 is 0. The smallest absolute Gasteiger partial charge is 0.475 e. The number of aliphatic carboxylic acids is 1. The average molecular weight is 442 g/mol. The van der Waals surface area contributed by atoms with Gasteiger partial charge in [0.05, 0.1) is 19.2 Å². The second-order valence-corrected chi connectivity index (χ2v) is 7.63. The number of ether oxygens (including phenoxy) is 2. The van der Waals surface area contributed by atoms with Gasteiger partial charge in [-0.1, -0.05) is 6.08 Å². The van der Waals surface area contributed by atoms with Crippen LogP contribution >= 0.6 is 0 Å². The number of hydrogen-bond donors (Lipinski definition) is 1. The molecule has 2 aliphatic heterocycles. The van der Waals surface area contributed by atoms with Gasteiger partial charge in [0.25, 0.3) is 0 Å². The number of carboxylic acid groups (broad SMARTS) is 1. The van der Waals surface area contributed by atoms with Crippen molar-refractivity contribution in [2.75, 3.05) is 13.2 Å². The van der Waals surface area contributed by atoms with Crippen molar-refractivity contribution in [2.24, 2.45) is 0 Å². The number of carbonyl (C=O) groups is 2. The highest BCUT2D eigenvalue weighted by molar-refractivity contribution is 5.94. The van der Waals surface area contributed by atoms with E-state index in [0.29, 0.717) is 13.2 Å². The third-order valence-corrected chi connectivity index (χ3v) is 5.51. The summed E-state index contributed by atoms with van der Waals surface area (Å²) in [6.45, 7) is 1.93. The number of aromatic nitrogens is 1. The molecule has 0 radical (unpaired) electrons. The Morgan fingerprint density at radius 1 is 1.26 bits per heavy atom. The second kappa shape index (κ2) is 10.2. The Bertz CT molecular complexity index is 800. The lowest BCUT2D eigenvalue weighted by atomic mass is 10.0. The molecule has 7 nitrogen and oxygen atoms in total. The fraction of sp³-hybridized carbons (Fsp3) is 0.571. The predicted molar refractivity (Wildman–Crippen MR) is 103 cm³/mol. The number of amides is 1. The number of likely N-dealkylation sites (tertiary alicyclic amines) is 1. The molecule has 1 aromatic heterocycles. The van der Waals surface area contributed by atoms with Crippen LogP contribution in [0.3, 0.4) is 0 Å². The summed E-state index contributed by atoms with van der Waals surface area (Å²) in [7, 11) is 0. The van der Waals surface area contributed by atoms with Gasteiger partial charge in [-0.3, -0.25) is 9.78 Å². The van der Waals surface area contributed by atoms with Gasteiger partial charge in [-0.05, 0) is 49.8 Å². The lowest BCUT2D eigenvalue weighted by molar-refractivity contribution is -0.192. The van der Waals surface area contributed by atoms with E-state index in [1.807, 2.05) is 17.0 Å². The third kappa shape index (κ3) is 6.04. The molecule has 3 atom stereocenters. The summed E-state index contributed by atoms with van der Waals surface area (Å²) in [5.74, 6) is -2.56. The molecule has 1 aromatic rings. The standard InChI is InChI=1S/C19H24N2O3.C2HF3O2/c22-19(15-4-1-2-5-15)21-12-17(18-16(21)6-3-11-23-18)24-13-14-7-9-20-10-8-14;3-2(4,5)1(6)7/h4,7-10,16-18H,1-3,5-6,11-13H2;(H,6,7)/t16-,17-,18+;/m1./s1. The van der Waals surface area contributed by atoms with Crippen LogP contribution in [0.15, 0.2) is 36.2 Å². The molecule has 170 valence electrons. The van der Waals surface area contributed by atoms with Crippen LogP contribution in [0.5, 0.6) is 0 Å². The van der Waals surface area contributed by atoms with E-state index in [1.54, 1.807) is 12.4 Å². The molecule has 0 unspecified atom stereocenters. The molecule has 2 fully saturated rings. The maximum Gasteiger partial charge on any atom is 0.490 e. The molecule has 2 saturated heterocycles. The molecule has 3 aliphatic rings. The highest BCUT2D eigenvalue weighted by Crippen LogP contribution is 2.33. The maximum atomic E-state index is 12.9. The average Bonchev–Trinajstić information content (AvgIpc) is 3.41. The number of pyridine rings is 1. The fourth-order valence-corrected chi connectivity index (χ4v) is 4.02. The molecule has 0 saturated carbocycles. The largest absolute Gasteiger partial charge is 0.490 e. The van der Waals surface area contributed by atoms with Gasteiger partial charge in [0, 0.05) is 24.6 Å². The number of rotatable bonds is 4. The first kappa shape index (κ1) is 23.2. The van der Waals surface area contributed by atoms with E-state index in [9.17, 15) is 18.0 Å². The summed E-state index contributed by atoms with van der Waals surface area (Å²) in [6, 6.07) is 4.08. The number of halogens is 3. The van der Waals surface area contributed by atoms with Crippen LogP contribution in [0.4, 0.5) is 13.2 Å². The molecule has 0 bridgehead atoms. The van der Waals surface area contributed by atoms with Crippen LogP contribution in [0.1, 0.15) is 37.7 Å². The Labute approximate surface area is 177 Å². The van der Waals surface area contributed by atoms with Crippen LogP contribution in [-0.2, 0) is 25.7 Å². The van der Waals surface area contributed by atoms with Crippen LogP contribution in [-0.4, -0.2) is 64.4 Å². The highest BCUT2D eigenvalue weighted by atomic mass is 19.4. The van der Waals surface area contributed by atoms with Gasteiger partial charge in [0.1, 0.15) is 12.2 Å². The van der Waals surface area contributed by atoms with Gasteiger partial charge in [-0.2, -0.15) is 13.2 Å². The minimum absolute atomic E-state index is 0.00606. The zero-order valence-electron chi connectivity index (χ0n) is 16.9. The molecule has 10 heteroatoms. The number of carboxylic acids is 1. The molecule has 4 rings (SSSR count). The van der Waals surface area contributed by atoms with Crippen molar-refractivity contribution >= 4 is 11.9 Å². The third-order valence-electron chi connectivity index (χ3n) is 5.51. The van der Waals surface area contributed by atoms with Gasteiger partial charge in [0.2, 0.25) is 5.91 Å². The van der Waals surface area contributed by atoms with Gasteiger partial charge < -0.3 is 19.5 Å². The molecule has 1 amide bonds. The minimum atomic E-state index is -5.08. The molecular formula is C21H25F3N2O5. The quantitative estimate of drug-likeness (QED) is 0.771. The van der Waals surface area contributed by atoms with Gasteiger partial charge in [0.15, 0.2) is 0 Å². The first-order valence-corrected chi connectivity index (χ1v) is 10.2. The van der Waals surface area contributed by atoms with Crippen LogP contribution < -0.4 is 0 Å². The molecule has 1 aliphatic carbocycles. The van der Waals surface area contributed by atoms with Crippen molar-refractivity contribution in [2.45, 2.75) is 63.1 Å². The highest BCUT2D eigenvalue weighted by Gasteiger charge is 2.47. The zero-order chi connectivity index (χ0) is 22.4. The van der Waals surface area contributed by atoms with Crippen molar-refractivity contribution in [1.82, 2.24) is 9.88 Å². The van der Waals surface area contributed by atoms with Gasteiger partial charge >= 0.3 is 12.1 Å². The lowest BCUT2D eigenvalue weighted by Crippen LogP contribution is -2.44. The second-order valence-electron chi connectivity index (χ2n) is 7.63. The Kier molecular flexibility index (Phi) is 7.66. The summed E-state index contributed by atoms with van der Waals surface area (Å²) in [6.07, 6.45) is 5.59. The SMILES string of the molecule is O=C(C1=CCCC1)N1C[C@@H](OCc2ccncc2)[C@H]2OCCC[C@H]21.O=C(O)C(F)(F)F. The molecule has 0 spiro atoms. The van der Waals surface area contributed by atoms with Gasteiger partial charge in [-0.25, -0.2) is 4.79 Å². The number of alkyl halides is 3. The summed E-state index contributed by atoms with van der Waals surface area (Å²) < 4.78 is 43.9. The zero-order valence-corrected chi connectivity index (χ0v) is 16.9. The molecular weight excluding hydrogens is 417 g/mol. The van der Waals surface area contributed by atoms with Crippen molar-refractivity contribution < 1.29 is 37.3 Å². The molecule has 3 heterocycles. The summed E-state index contributed by atoms with van der Waals surface area (Å²) in [4.78, 5) is 27.8. The first-order chi connectivity index (χ1) is 14.8. The number of fused-ring (bicyclic) bond motifs is 1. The fourth-order valence-electron chi connectivity index (χ4n) is 4.02. The number of hydrogen-bond acceptors (Lipinski definition) is 5. The number of nitrogens with zero attached hydrogens (tertiary/aromatic N) is 2. The monoisotopic (exact) mass is 442 g/mol. The Balaban J connectivity index is 0.000000339. The minimum Gasteiger partial charge on any atom is -0.475 e. The maximum absolute atomic E-state index is 12.9. The van der Waals surface area contributed by atoms with E-state index in [-0.39, 0.29) is 24.2 Å². The van der Waals surface area contributed by atoms with E-state index in [4.69, 9.17) is 19.4 Å². The topological polar surface area (TPSA) is 89.0 Å². The number of carbonyl (C=O) groups excluding carboxylic acids is 1. The molecule has 0 aromatic carbocycles. The molecule has 31 heavy (non-hydrogen) atoms. The van der Waals surface area contributed by atoms with E-state index in [1.165, 1.54) is 0 Å². The Hall–Kier alpha value is -2.46. The van der Waals surface area contributed by atoms with Crippen molar-refractivity contribution in [3.63, 3.8) is 0 Å². The number of allylic oxidation sites excluding steroid dienone is 1. The summed E-state index contributed by atoms with van der Waals surface area (Å²) in [5.41, 5.74) is 2.08. The predicted octanol–water partition coefficient (Wildman–Crippen LogP) is 3.10. The Morgan fingerprint density at radius 2 is 1.97 bits per heavy atom. The van der Waals surface area contributed by atoms with E-state index < -0.39 is 12.1 Å². The van der Waals surface area contributed by atoms with Crippen molar-refractivity contribution in [3.8, 4) is 0 Å². The van der Waals surface area contributed by atoms with Crippen LogP contribution in [0.2, 0.25) is 0 Å². The lowest BCUT2D eigenvalue weighted by Gasteiger charge is -2.32. The normalized spacial score (nSPS) is 25.3. The molecule has 1 N–H and O–H groups in total. The Morgan fingerprint density at radius 3 is 2.58 bits per heavy atom. The van der Waals surface area contributed by atoms with E-state index in [2.05, 4.69) is 11.1 Å². The van der Waals surface area contributed by atoms with Crippen LogP contribution in [0, 0.1) is 0 Å². The van der Waals surface area contributed by atoms with Crippen molar-refractivity contribution in [3.05, 3.63) is 41.7 Å². The van der Waals surface area contributed by atoms with Crippen LogP contribution in [0.25, 0.3) is 0 Å². The van der Waals surface area contributed by atoms with E-state index >= 15 is 0 Å². The van der Waals surface area contributed by atoms with Gasteiger partial charge in [-0.15, -0.1) is 0 Å². The van der Waals surface area contributed by atoms with E-state index in [0.717, 1.165) is 49.8 Å². The van der Waals surface area contributed by atoms with Crippen molar-refractivity contribution in [1.29, 1.82) is 0 Å².